The van der Waals surface area contributed by atoms with Crippen molar-refractivity contribution in [2.45, 2.75) is 32.7 Å². The van der Waals surface area contributed by atoms with Crippen LogP contribution in [0.3, 0.4) is 0 Å². The number of rotatable bonds is 9. The molecule has 2 rings (SSSR count). The minimum atomic E-state index is 0.672. The second-order valence-corrected chi connectivity index (χ2v) is 6.69. The average molecular weight is 351 g/mol. The number of ether oxygens (including phenoxy) is 2. The predicted molar refractivity (Wildman–Crippen MR) is 102 cm³/mol. The fourth-order valence-electron chi connectivity index (χ4n) is 2.96. The van der Waals surface area contributed by atoms with Crippen molar-refractivity contribution in [2.24, 2.45) is 18.0 Å². The summed E-state index contributed by atoms with van der Waals surface area (Å²) in [6, 6.07) is 4.22. The first kappa shape index (κ1) is 19.8. The molecule has 1 aliphatic heterocycles. The highest BCUT2D eigenvalue weighted by molar-refractivity contribution is 5.79. The summed E-state index contributed by atoms with van der Waals surface area (Å²) in [6.07, 6.45) is 5.29. The van der Waals surface area contributed by atoms with Crippen molar-refractivity contribution in [2.75, 3.05) is 46.6 Å². The smallest absolute Gasteiger partial charge is 0.194 e. The first-order chi connectivity index (χ1) is 12.2. The second kappa shape index (κ2) is 11.2. The summed E-state index contributed by atoms with van der Waals surface area (Å²) in [5.74, 6) is 1.62. The highest BCUT2D eigenvalue weighted by atomic mass is 16.5. The zero-order chi connectivity index (χ0) is 17.9. The van der Waals surface area contributed by atoms with E-state index >= 15 is 0 Å². The Labute approximate surface area is 152 Å². The topological polar surface area (TPSA) is 51.0 Å². The Bertz CT molecular complexity index is 509. The highest BCUT2D eigenvalue weighted by Crippen LogP contribution is 2.14. The first-order valence-electron chi connectivity index (χ1n) is 9.45. The summed E-state index contributed by atoms with van der Waals surface area (Å²) >= 11 is 0. The molecule has 0 saturated carbocycles. The zero-order valence-electron chi connectivity index (χ0n) is 16.0. The molecule has 1 N–H and O–H groups in total. The maximum atomic E-state index is 5.81. The lowest BCUT2D eigenvalue weighted by Crippen LogP contribution is -2.39. The van der Waals surface area contributed by atoms with Gasteiger partial charge in [0.25, 0.3) is 0 Å². The summed E-state index contributed by atoms with van der Waals surface area (Å²) in [6.45, 7) is 8.01. The van der Waals surface area contributed by atoms with Crippen molar-refractivity contribution in [1.82, 2.24) is 14.8 Å². The van der Waals surface area contributed by atoms with Crippen molar-refractivity contribution in [1.29, 1.82) is 0 Å². The molecular formula is C19H34N4O2. The molecule has 0 aromatic carbocycles. The van der Waals surface area contributed by atoms with Crippen LogP contribution in [-0.2, 0) is 23.1 Å². The molecule has 1 aromatic rings. The van der Waals surface area contributed by atoms with Crippen molar-refractivity contribution in [3.05, 3.63) is 24.0 Å². The van der Waals surface area contributed by atoms with E-state index in [0.717, 1.165) is 71.3 Å². The number of nitrogens with one attached hydrogen (secondary N) is 1. The molecular weight excluding hydrogens is 316 g/mol. The molecule has 6 heteroatoms. The van der Waals surface area contributed by atoms with Crippen LogP contribution in [0.5, 0.6) is 0 Å². The molecule has 0 amide bonds. The molecule has 0 spiro atoms. The summed E-state index contributed by atoms with van der Waals surface area (Å²) < 4.78 is 13.3. The van der Waals surface area contributed by atoms with Crippen molar-refractivity contribution < 1.29 is 9.47 Å². The van der Waals surface area contributed by atoms with Crippen LogP contribution in [0.15, 0.2) is 23.3 Å². The van der Waals surface area contributed by atoms with Crippen LogP contribution in [0.2, 0.25) is 0 Å². The molecule has 1 aromatic heterocycles. The van der Waals surface area contributed by atoms with Gasteiger partial charge < -0.3 is 24.3 Å². The molecule has 1 aliphatic rings. The summed E-state index contributed by atoms with van der Waals surface area (Å²) in [5.41, 5.74) is 1.27. The number of guanidine groups is 1. The SMILES string of the molecule is CCNC(=NCCCOCC1CCOCC1)N(C)Cc1cccn1C. The predicted octanol–water partition coefficient (Wildman–Crippen LogP) is 2.26. The van der Waals surface area contributed by atoms with E-state index in [9.17, 15) is 0 Å². The van der Waals surface area contributed by atoms with Gasteiger partial charge in [0, 0.05) is 65.5 Å². The molecule has 0 bridgehead atoms. The summed E-state index contributed by atoms with van der Waals surface area (Å²) in [7, 11) is 4.15. The third kappa shape index (κ3) is 7.08. The average Bonchev–Trinajstić information content (AvgIpc) is 3.02. The fraction of sp³-hybridized carbons (Fsp3) is 0.737. The van der Waals surface area contributed by atoms with Gasteiger partial charge >= 0.3 is 0 Å². The van der Waals surface area contributed by atoms with E-state index < -0.39 is 0 Å². The Morgan fingerprint density at radius 1 is 1.44 bits per heavy atom. The van der Waals surface area contributed by atoms with E-state index in [2.05, 4.69) is 54.1 Å². The molecule has 2 heterocycles. The van der Waals surface area contributed by atoms with Crippen LogP contribution in [0.25, 0.3) is 0 Å². The third-order valence-corrected chi connectivity index (χ3v) is 4.55. The largest absolute Gasteiger partial charge is 0.381 e. The number of hydrogen-bond donors (Lipinski definition) is 1. The van der Waals surface area contributed by atoms with Gasteiger partial charge in [-0.25, -0.2) is 0 Å². The van der Waals surface area contributed by atoms with Crippen LogP contribution in [0.4, 0.5) is 0 Å². The molecule has 1 fully saturated rings. The van der Waals surface area contributed by atoms with E-state index in [1.165, 1.54) is 5.69 Å². The maximum absolute atomic E-state index is 5.81. The lowest BCUT2D eigenvalue weighted by atomic mass is 10.0. The van der Waals surface area contributed by atoms with Gasteiger partial charge in [0.15, 0.2) is 5.96 Å². The van der Waals surface area contributed by atoms with Crippen LogP contribution < -0.4 is 5.32 Å². The summed E-state index contributed by atoms with van der Waals surface area (Å²) in [4.78, 5) is 6.90. The van der Waals surface area contributed by atoms with Crippen LogP contribution >= 0.6 is 0 Å². The first-order valence-corrected chi connectivity index (χ1v) is 9.45. The zero-order valence-corrected chi connectivity index (χ0v) is 16.0. The minimum Gasteiger partial charge on any atom is -0.381 e. The molecule has 1 saturated heterocycles. The number of aryl methyl sites for hydroxylation is 1. The van der Waals surface area contributed by atoms with Crippen LogP contribution in [0, 0.1) is 5.92 Å². The Balaban J connectivity index is 1.68. The van der Waals surface area contributed by atoms with Gasteiger partial charge in [-0.2, -0.15) is 0 Å². The molecule has 25 heavy (non-hydrogen) atoms. The van der Waals surface area contributed by atoms with E-state index in [0.29, 0.717) is 5.92 Å². The minimum absolute atomic E-state index is 0.672. The van der Waals surface area contributed by atoms with Crippen molar-refractivity contribution in [3.63, 3.8) is 0 Å². The lowest BCUT2D eigenvalue weighted by Gasteiger charge is -2.22. The van der Waals surface area contributed by atoms with E-state index in [-0.39, 0.29) is 0 Å². The van der Waals surface area contributed by atoms with Crippen molar-refractivity contribution in [3.8, 4) is 0 Å². The number of aliphatic imine (C=N–C) groups is 1. The normalized spacial score (nSPS) is 16.2. The van der Waals surface area contributed by atoms with Gasteiger partial charge in [-0.05, 0) is 44.2 Å². The Hall–Kier alpha value is -1.53. The fourth-order valence-corrected chi connectivity index (χ4v) is 2.96. The van der Waals surface area contributed by atoms with Gasteiger partial charge in [-0.3, -0.25) is 4.99 Å². The van der Waals surface area contributed by atoms with Gasteiger partial charge in [0.1, 0.15) is 0 Å². The Kier molecular flexibility index (Phi) is 8.83. The van der Waals surface area contributed by atoms with Gasteiger partial charge in [-0.15, -0.1) is 0 Å². The number of nitrogens with zero attached hydrogens (tertiary/aromatic N) is 3. The standard InChI is InChI=1S/C19H34N4O2/c1-4-20-19(23(3)15-18-7-5-11-22(18)2)21-10-6-12-25-16-17-8-13-24-14-9-17/h5,7,11,17H,4,6,8-10,12-16H2,1-3H3,(H,20,21). The number of aromatic nitrogens is 1. The second-order valence-electron chi connectivity index (χ2n) is 6.69. The van der Waals surface area contributed by atoms with Gasteiger partial charge in [0.05, 0.1) is 6.54 Å². The Morgan fingerprint density at radius 2 is 2.24 bits per heavy atom. The maximum Gasteiger partial charge on any atom is 0.194 e. The van der Waals surface area contributed by atoms with E-state index in [1.54, 1.807) is 0 Å². The van der Waals surface area contributed by atoms with Gasteiger partial charge in [-0.1, -0.05) is 0 Å². The van der Waals surface area contributed by atoms with E-state index in [1.807, 2.05) is 0 Å². The molecule has 6 nitrogen and oxygen atoms in total. The lowest BCUT2D eigenvalue weighted by molar-refractivity contribution is 0.0205. The highest BCUT2D eigenvalue weighted by Gasteiger charge is 2.13. The van der Waals surface area contributed by atoms with Crippen molar-refractivity contribution >= 4 is 5.96 Å². The van der Waals surface area contributed by atoms with E-state index in [4.69, 9.17) is 14.5 Å². The molecule has 0 aliphatic carbocycles. The van der Waals surface area contributed by atoms with Crippen LogP contribution in [0.1, 0.15) is 31.9 Å². The number of hydrogen-bond acceptors (Lipinski definition) is 3. The molecule has 0 radical (unpaired) electrons. The molecule has 142 valence electrons. The molecule has 0 unspecified atom stereocenters. The van der Waals surface area contributed by atoms with Crippen LogP contribution in [-0.4, -0.2) is 62.0 Å². The summed E-state index contributed by atoms with van der Waals surface area (Å²) in [5, 5.41) is 3.37. The monoisotopic (exact) mass is 350 g/mol. The molecule has 0 atom stereocenters. The third-order valence-electron chi connectivity index (χ3n) is 4.55. The quantitative estimate of drug-likeness (QED) is 0.422. The van der Waals surface area contributed by atoms with Gasteiger partial charge in [0.2, 0.25) is 0 Å². The Morgan fingerprint density at radius 3 is 2.92 bits per heavy atom.